The molecule has 0 spiro atoms. The molecule has 0 aliphatic carbocycles. The standard InChI is InChI=1S/C13H17NO2/c1-2-12(15)13(16)8-7-10-3-5-11(9-14)6-4-10/h3-6,12-13,15-16H,2,7-8H2,1H3. The topological polar surface area (TPSA) is 64.2 Å². The molecule has 0 saturated carbocycles. The van der Waals surface area contributed by atoms with Gasteiger partial charge in [-0.25, -0.2) is 0 Å². The first-order valence-corrected chi connectivity index (χ1v) is 5.52. The Morgan fingerprint density at radius 1 is 1.19 bits per heavy atom. The number of aliphatic hydroxyl groups excluding tert-OH is 2. The van der Waals surface area contributed by atoms with Crippen LogP contribution in [-0.4, -0.2) is 22.4 Å². The monoisotopic (exact) mass is 219 g/mol. The molecule has 16 heavy (non-hydrogen) atoms. The Morgan fingerprint density at radius 2 is 1.81 bits per heavy atom. The summed E-state index contributed by atoms with van der Waals surface area (Å²) in [5, 5.41) is 27.6. The average Bonchev–Trinajstić information content (AvgIpc) is 2.35. The third-order valence-electron chi connectivity index (χ3n) is 2.67. The molecule has 2 N–H and O–H groups in total. The fraction of sp³-hybridized carbons (Fsp3) is 0.462. The van der Waals surface area contributed by atoms with Crippen molar-refractivity contribution < 1.29 is 10.2 Å². The van der Waals surface area contributed by atoms with Crippen LogP contribution in [0.5, 0.6) is 0 Å². The van der Waals surface area contributed by atoms with Gasteiger partial charge in [-0.15, -0.1) is 0 Å². The van der Waals surface area contributed by atoms with Gasteiger partial charge in [0.1, 0.15) is 0 Å². The molecule has 0 amide bonds. The Morgan fingerprint density at radius 3 is 2.31 bits per heavy atom. The van der Waals surface area contributed by atoms with Crippen molar-refractivity contribution in [3.05, 3.63) is 35.4 Å². The van der Waals surface area contributed by atoms with Crippen LogP contribution in [0.2, 0.25) is 0 Å². The quantitative estimate of drug-likeness (QED) is 0.791. The molecule has 0 aliphatic rings. The Bertz CT molecular complexity index is 353. The van der Waals surface area contributed by atoms with E-state index in [9.17, 15) is 10.2 Å². The Kier molecular flexibility index (Phi) is 4.97. The van der Waals surface area contributed by atoms with Crippen LogP contribution in [0, 0.1) is 11.3 Å². The fourth-order valence-electron chi connectivity index (χ4n) is 1.52. The van der Waals surface area contributed by atoms with Crippen LogP contribution < -0.4 is 0 Å². The molecule has 1 rings (SSSR count). The third-order valence-corrected chi connectivity index (χ3v) is 2.67. The van der Waals surface area contributed by atoms with Crippen LogP contribution in [0.3, 0.4) is 0 Å². The SMILES string of the molecule is CCC(O)C(O)CCc1ccc(C#N)cc1. The Labute approximate surface area is 96.0 Å². The van der Waals surface area contributed by atoms with Gasteiger partial charge >= 0.3 is 0 Å². The van der Waals surface area contributed by atoms with Crippen molar-refractivity contribution in [1.29, 1.82) is 5.26 Å². The number of rotatable bonds is 5. The normalized spacial score (nSPS) is 14.1. The molecule has 3 heteroatoms. The van der Waals surface area contributed by atoms with Crippen LogP contribution in [0.15, 0.2) is 24.3 Å². The zero-order chi connectivity index (χ0) is 12.0. The summed E-state index contributed by atoms with van der Waals surface area (Å²) in [6.45, 7) is 1.84. The molecule has 0 bridgehead atoms. The van der Waals surface area contributed by atoms with Crippen molar-refractivity contribution in [2.24, 2.45) is 0 Å². The first-order valence-electron chi connectivity index (χ1n) is 5.52. The summed E-state index contributed by atoms with van der Waals surface area (Å²) in [6, 6.07) is 9.34. The van der Waals surface area contributed by atoms with E-state index in [0.29, 0.717) is 24.8 Å². The van der Waals surface area contributed by atoms with E-state index >= 15 is 0 Å². The van der Waals surface area contributed by atoms with Crippen molar-refractivity contribution in [1.82, 2.24) is 0 Å². The predicted molar refractivity (Wildman–Crippen MR) is 61.8 cm³/mol. The zero-order valence-corrected chi connectivity index (χ0v) is 9.43. The molecule has 0 aromatic heterocycles. The molecule has 0 aliphatic heterocycles. The van der Waals surface area contributed by atoms with E-state index in [0.717, 1.165) is 5.56 Å². The van der Waals surface area contributed by atoms with Crippen molar-refractivity contribution >= 4 is 0 Å². The van der Waals surface area contributed by atoms with E-state index in [1.165, 1.54) is 0 Å². The molecule has 2 atom stereocenters. The first-order chi connectivity index (χ1) is 7.67. The van der Waals surface area contributed by atoms with Gasteiger partial charge in [0.2, 0.25) is 0 Å². The maximum Gasteiger partial charge on any atom is 0.0991 e. The minimum Gasteiger partial charge on any atom is -0.390 e. The highest BCUT2D eigenvalue weighted by atomic mass is 16.3. The van der Waals surface area contributed by atoms with Crippen LogP contribution >= 0.6 is 0 Å². The van der Waals surface area contributed by atoms with Gasteiger partial charge in [-0.1, -0.05) is 19.1 Å². The summed E-state index contributed by atoms with van der Waals surface area (Å²) in [7, 11) is 0. The molecule has 0 fully saturated rings. The van der Waals surface area contributed by atoms with E-state index in [1.54, 1.807) is 12.1 Å². The Balaban J connectivity index is 2.46. The lowest BCUT2D eigenvalue weighted by Gasteiger charge is -2.15. The van der Waals surface area contributed by atoms with Crippen LogP contribution in [0.1, 0.15) is 30.9 Å². The molecule has 1 aromatic rings. The smallest absolute Gasteiger partial charge is 0.0991 e. The van der Waals surface area contributed by atoms with Gasteiger partial charge < -0.3 is 10.2 Å². The van der Waals surface area contributed by atoms with Crippen LogP contribution in [0.25, 0.3) is 0 Å². The van der Waals surface area contributed by atoms with E-state index in [-0.39, 0.29) is 0 Å². The van der Waals surface area contributed by atoms with Crippen molar-refractivity contribution in [2.45, 2.75) is 38.4 Å². The highest BCUT2D eigenvalue weighted by molar-refractivity contribution is 5.31. The third kappa shape index (κ3) is 3.65. The molecule has 86 valence electrons. The maximum absolute atomic E-state index is 9.58. The van der Waals surface area contributed by atoms with Gasteiger partial charge in [-0.3, -0.25) is 0 Å². The fourth-order valence-corrected chi connectivity index (χ4v) is 1.52. The van der Waals surface area contributed by atoms with Gasteiger partial charge in [0.05, 0.1) is 23.8 Å². The largest absolute Gasteiger partial charge is 0.390 e. The molecule has 3 nitrogen and oxygen atoms in total. The molecule has 1 aromatic carbocycles. The predicted octanol–water partition coefficient (Wildman–Crippen LogP) is 1.62. The van der Waals surface area contributed by atoms with Crippen LogP contribution in [-0.2, 0) is 6.42 Å². The highest BCUT2D eigenvalue weighted by Crippen LogP contribution is 2.10. The Hall–Kier alpha value is -1.37. The van der Waals surface area contributed by atoms with E-state index in [1.807, 2.05) is 19.1 Å². The second-order valence-electron chi connectivity index (χ2n) is 3.89. The summed E-state index contributed by atoms with van der Waals surface area (Å²) in [4.78, 5) is 0. The molecule has 0 saturated heterocycles. The summed E-state index contributed by atoms with van der Waals surface area (Å²) in [5.74, 6) is 0. The van der Waals surface area contributed by atoms with E-state index in [4.69, 9.17) is 5.26 Å². The van der Waals surface area contributed by atoms with Crippen molar-refractivity contribution in [2.75, 3.05) is 0 Å². The number of aryl methyl sites for hydroxylation is 1. The van der Waals surface area contributed by atoms with Gasteiger partial charge in [0, 0.05) is 0 Å². The number of hydrogen-bond acceptors (Lipinski definition) is 3. The first kappa shape index (κ1) is 12.7. The molecular formula is C13H17NO2. The van der Waals surface area contributed by atoms with Gasteiger partial charge in [-0.05, 0) is 37.0 Å². The van der Waals surface area contributed by atoms with Gasteiger partial charge in [0.25, 0.3) is 0 Å². The number of hydrogen-bond donors (Lipinski definition) is 2. The van der Waals surface area contributed by atoms with E-state index in [2.05, 4.69) is 6.07 Å². The second-order valence-corrected chi connectivity index (χ2v) is 3.89. The van der Waals surface area contributed by atoms with Gasteiger partial charge in [0.15, 0.2) is 0 Å². The maximum atomic E-state index is 9.58. The van der Waals surface area contributed by atoms with Crippen molar-refractivity contribution in [3.63, 3.8) is 0 Å². The molecule has 0 heterocycles. The minimum atomic E-state index is -0.666. The zero-order valence-electron chi connectivity index (χ0n) is 9.43. The molecule has 0 radical (unpaired) electrons. The number of aliphatic hydroxyl groups is 2. The van der Waals surface area contributed by atoms with Crippen molar-refractivity contribution in [3.8, 4) is 6.07 Å². The lowest BCUT2D eigenvalue weighted by molar-refractivity contribution is 0.0130. The second kappa shape index (κ2) is 6.26. The lowest BCUT2D eigenvalue weighted by atomic mass is 10.0. The summed E-state index contributed by atoms with van der Waals surface area (Å²) in [6.07, 6.45) is 0.512. The average molecular weight is 219 g/mol. The summed E-state index contributed by atoms with van der Waals surface area (Å²) >= 11 is 0. The summed E-state index contributed by atoms with van der Waals surface area (Å²) < 4.78 is 0. The lowest BCUT2D eigenvalue weighted by Crippen LogP contribution is -2.25. The minimum absolute atomic E-state index is 0.543. The number of nitriles is 1. The number of nitrogens with zero attached hydrogens (tertiary/aromatic N) is 1. The van der Waals surface area contributed by atoms with Crippen LogP contribution in [0.4, 0.5) is 0 Å². The van der Waals surface area contributed by atoms with Gasteiger partial charge in [-0.2, -0.15) is 5.26 Å². The number of benzene rings is 1. The highest BCUT2D eigenvalue weighted by Gasteiger charge is 2.13. The summed E-state index contributed by atoms with van der Waals surface area (Å²) in [5.41, 5.74) is 1.71. The molecule has 2 unspecified atom stereocenters. The van der Waals surface area contributed by atoms with E-state index < -0.39 is 12.2 Å². The molecular weight excluding hydrogens is 202 g/mol.